The van der Waals surface area contributed by atoms with Gasteiger partial charge >= 0.3 is 0 Å². The number of carbonyl (C=O) groups excluding carboxylic acids is 2. The average molecular weight is 607 g/mol. The molecule has 40 heavy (non-hydrogen) atoms. The fraction of sp³-hybridized carbons (Fsp3) is 0.258. The van der Waals surface area contributed by atoms with Crippen LogP contribution >= 0.6 is 15.9 Å². The molecule has 3 aromatic carbocycles. The van der Waals surface area contributed by atoms with E-state index in [1.54, 1.807) is 48.6 Å². The summed E-state index contributed by atoms with van der Waals surface area (Å²) in [4.78, 5) is 27.0. The molecule has 1 atom stereocenters. The quantitative estimate of drug-likeness (QED) is 0.163. The number of methoxy groups -OCH3 is 1. The molecule has 8 nitrogen and oxygen atoms in total. The summed E-state index contributed by atoms with van der Waals surface area (Å²) in [5.74, 6) is 1.01. The van der Waals surface area contributed by atoms with Gasteiger partial charge in [-0.05, 0) is 73.0 Å². The van der Waals surface area contributed by atoms with Crippen molar-refractivity contribution >= 4 is 39.6 Å². The minimum atomic E-state index is -0.503. The van der Waals surface area contributed by atoms with Crippen LogP contribution in [0.4, 0.5) is 5.69 Å². The summed E-state index contributed by atoms with van der Waals surface area (Å²) in [6.07, 6.45) is 4.04. The monoisotopic (exact) mass is 605 g/mol. The zero-order valence-electron chi connectivity index (χ0n) is 22.6. The van der Waals surface area contributed by atoms with Gasteiger partial charge in [0, 0.05) is 28.7 Å². The third-order valence-corrected chi connectivity index (χ3v) is 6.91. The maximum absolute atomic E-state index is 12.8. The van der Waals surface area contributed by atoms with E-state index in [4.69, 9.17) is 14.2 Å². The van der Waals surface area contributed by atoms with Crippen molar-refractivity contribution in [1.82, 2.24) is 5.43 Å². The van der Waals surface area contributed by atoms with Gasteiger partial charge in [-0.3, -0.25) is 9.59 Å². The van der Waals surface area contributed by atoms with Crippen LogP contribution in [-0.2, 0) is 22.6 Å². The van der Waals surface area contributed by atoms with E-state index < -0.39 is 5.92 Å². The van der Waals surface area contributed by atoms with E-state index in [0.29, 0.717) is 36.9 Å². The highest BCUT2D eigenvalue weighted by Gasteiger charge is 2.35. The SMILES string of the molecule is C=CCc1cc(/C=N/NC(=O)[C@H]2CC(=O)N(c3ccc(OC)cc3)C2)cc(OCC)c1OCc1ccc(Br)cc1. The Kier molecular flexibility index (Phi) is 9.96. The Morgan fingerprint density at radius 3 is 2.58 bits per heavy atom. The first kappa shape index (κ1) is 28.9. The van der Waals surface area contributed by atoms with Crippen molar-refractivity contribution < 1.29 is 23.8 Å². The smallest absolute Gasteiger partial charge is 0.245 e. The molecule has 1 saturated heterocycles. The zero-order chi connectivity index (χ0) is 28.5. The molecule has 208 valence electrons. The van der Waals surface area contributed by atoms with Crippen LogP contribution in [0.2, 0.25) is 0 Å². The largest absolute Gasteiger partial charge is 0.497 e. The Balaban J connectivity index is 1.43. The van der Waals surface area contributed by atoms with E-state index in [1.807, 2.05) is 43.3 Å². The summed E-state index contributed by atoms with van der Waals surface area (Å²) < 4.78 is 18.3. The van der Waals surface area contributed by atoms with E-state index in [0.717, 1.165) is 26.9 Å². The van der Waals surface area contributed by atoms with Crippen LogP contribution in [0.15, 0.2) is 82.9 Å². The predicted molar refractivity (Wildman–Crippen MR) is 159 cm³/mol. The number of allylic oxidation sites excluding steroid dienone is 1. The number of carbonyl (C=O) groups is 2. The van der Waals surface area contributed by atoms with Crippen LogP contribution in [0.3, 0.4) is 0 Å². The van der Waals surface area contributed by atoms with Crippen molar-refractivity contribution in [2.24, 2.45) is 11.0 Å². The van der Waals surface area contributed by atoms with Gasteiger partial charge in [0.15, 0.2) is 11.5 Å². The van der Waals surface area contributed by atoms with E-state index in [2.05, 4.69) is 33.0 Å². The number of rotatable bonds is 12. The Hall–Kier alpha value is -4.11. The maximum Gasteiger partial charge on any atom is 0.245 e. The molecule has 1 aliphatic heterocycles. The summed E-state index contributed by atoms with van der Waals surface area (Å²) in [6, 6.07) is 18.9. The molecule has 0 aliphatic carbocycles. The third-order valence-electron chi connectivity index (χ3n) is 6.38. The highest BCUT2D eigenvalue weighted by atomic mass is 79.9. The second kappa shape index (κ2) is 13.8. The fourth-order valence-electron chi connectivity index (χ4n) is 4.38. The number of nitrogens with one attached hydrogen (secondary N) is 1. The van der Waals surface area contributed by atoms with Crippen molar-refractivity contribution in [2.75, 3.05) is 25.2 Å². The first-order valence-electron chi connectivity index (χ1n) is 13.0. The van der Waals surface area contributed by atoms with Crippen LogP contribution in [0.25, 0.3) is 0 Å². The number of amides is 2. The second-order valence-corrected chi connectivity index (χ2v) is 10.1. The van der Waals surface area contributed by atoms with Gasteiger partial charge in [-0.25, -0.2) is 5.43 Å². The van der Waals surface area contributed by atoms with Gasteiger partial charge in [0.25, 0.3) is 0 Å². The highest BCUT2D eigenvalue weighted by Crippen LogP contribution is 2.34. The first-order valence-corrected chi connectivity index (χ1v) is 13.8. The summed E-state index contributed by atoms with van der Waals surface area (Å²) in [5, 5.41) is 4.17. The number of benzene rings is 3. The molecule has 4 rings (SSSR count). The molecule has 1 heterocycles. The standard InChI is InChI=1S/C31H32BrN3O5/c1-4-6-23-15-22(16-28(39-5-2)30(23)40-20-21-7-9-25(32)10-8-21)18-33-34-31(37)24-17-29(36)35(19-24)26-11-13-27(38-3)14-12-26/h4,7-16,18,24H,1,5-6,17,19-20H2,2-3H3,(H,34,37)/b33-18+/t24-/m0/s1. The van der Waals surface area contributed by atoms with Crippen LogP contribution in [0.1, 0.15) is 30.0 Å². The molecule has 0 unspecified atom stereocenters. The molecule has 0 spiro atoms. The van der Waals surface area contributed by atoms with Gasteiger partial charge < -0.3 is 19.1 Å². The molecular weight excluding hydrogens is 574 g/mol. The Morgan fingerprint density at radius 1 is 1.15 bits per heavy atom. The third kappa shape index (κ3) is 7.30. The normalized spacial score (nSPS) is 14.8. The van der Waals surface area contributed by atoms with Gasteiger partial charge in [-0.2, -0.15) is 5.10 Å². The van der Waals surface area contributed by atoms with Gasteiger partial charge in [-0.1, -0.05) is 34.1 Å². The zero-order valence-corrected chi connectivity index (χ0v) is 24.1. The number of hydrogen-bond acceptors (Lipinski definition) is 6. The molecule has 3 aromatic rings. The minimum Gasteiger partial charge on any atom is -0.497 e. The van der Waals surface area contributed by atoms with E-state index in [-0.39, 0.29) is 24.8 Å². The van der Waals surface area contributed by atoms with Crippen molar-refractivity contribution in [1.29, 1.82) is 0 Å². The number of ether oxygens (including phenoxy) is 3. The van der Waals surface area contributed by atoms with Crippen molar-refractivity contribution in [2.45, 2.75) is 26.4 Å². The molecule has 2 amide bonds. The number of anilines is 1. The Labute approximate surface area is 242 Å². The summed E-state index contributed by atoms with van der Waals surface area (Å²) in [7, 11) is 1.59. The lowest BCUT2D eigenvalue weighted by Gasteiger charge is -2.17. The lowest BCUT2D eigenvalue weighted by Crippen LogP contribution is -2.30. The molecule has 1 N–H and O–H groups in total. The second-order valence-electron chi connectivity index (χ2n) is 9.19. The van der Waals surface area contributed by atoms with Crippen LogP contribution in [0, 0.1) is 5.92 Å². The molecular formula is C31H32BrN3O5. The first-order chi connectivity index (χ1) is 19.4. The lowest BCUT2D eigenvalue weighted by atomic mass is 10.1. The number of hydrazone groups is 1. The van der Waals surface area contributed by atoms with Crippen LogP contribution < -0.4 is 24.5 Å². The van der Waals surface area contributed by atoms with Crippen molar-refractivity contribution in [3.63, 3.8) is 0 Å². The maximum atomic E-state index is 12.8. The van der Waals surface area contributed by atoms with E-state index >= 15 is 0 Å². The van der Waals surface area contributed by atoms with Gasteiger partial charge in [0.1, 0.15) is 12.4 Å². The Morgan fingerprint density at radius 2 is 1.90 bits per heavy atom. The predicted octanol–water partition coefficient (Wildman–Crippen LogP) is 5.67. The number of halogens is 1. The van der Waals surface area contributed by atoms with Crippen molar-refractivity contribution in [3.8, 4) is 17.2 Å². The molecule has 0 saturated carbocycles. The van der Waals surface area contributed by atoms with Gasteiger partial charge in [-0.15, -0.1) is 6.58 Å². The fourth-order valence-corrected chi connectivity index (χ4v) is 4.65. The van der Waals surface area contributed by atoms with Crippen LogP contribution in [-0.4, -0.2) is 38.3 Å². The highest BCUT2D eigenvalue weighted by molar-refractivity contribution is 9.10. The van der Waals surface area contributed by atoms with E-state index in [9.17, 15) is 9.59 Å². The molecule has 0 aromatic heterocycles. The average Bonchev–Trinajstić information content (AvgIpc) is 3.35. The summed E-state index contributed by atoms with van der Waals surface area (Å²) in [6.45, 7) is 6.91. The molecule has 1 fully saturated rings. The topological polar surface area (TPSA) is 89.5 Å². The van der Waals surface area contributed by atoms with E-state index in [1.165, 1.54) is 0 Å². The number of nitrogens with zero attached hydrogens (tertiary/aromatic N) is 2. The molecule has 0 radical (unpaired) electrons. The van der Waals surface area contributed by atoms with Gasteiger partial charge in [0.05, 0.1) is 25.8 Å². The number of hydrogen-bond donors (Lipinski definition) is 1. The molecule has 0 bridgehead atoms. The Bertz CT molecular complexity index is 1370. The summed E-state index contributed by atoms with van der Waals surface area (Å²) in [5.41, 5.74) is 5.97. The molecule has 1 aliphatic rings. The van der Waals surface area contributed by atoms with Crippen LogP contribution in [0.5, 0.6) is 17.2 Å². The van der Waals surface area contributed by atoms with Crippen molar-refractivity contribution in [3.05, 3.63) is 94.5 Å². The molecule has 9 heteroatoms. The lowest BCUT2D eigenvalue weighted by molar-refractivity contribution is -0.126. The summed E-state index contributed by atoms with van der Waals surface area (Å²) >= 11 is 3.45. The van der Waals surface area contributed by atoms with Gasteiger partial charge in [0.2, 0.25) is 11.8 Å². The minimum absolute atomic E-state index is 0.108.